The number of amides is 2. The number of alkyl carbamates (subject to hydrolysis) is 1. The topological polar surface area (TPSA) is 67.9 Å². The number of anilines is 2. The number of para-hydroxylation sites is 1. The molecule has 3 aromatic rings. The number of fused-ring (bicyclic) bond motifs is 1. The van der Waals surface area contributed by atoms with Crippen LogP contribution in [0.2, 0.25) is 0 Å². The number of nitrogens with one attached hydrogen (secondary N) is 1. The molecule has 0 saturated carbocycles. The van der Waals surface area contributed by atoms with Crippen molar-refractivity contribution in [2.75, 3.05) is 12.0 Å². The monoisotopic (exact) mass is 420 g/mol. The summed E-state index contributed by atoms with van der Waals surface area (Å²) in [5.41, 5.74) is 0.403. The van der Waals surface area contributed by atoms with Crippen molar-refractivity contribution in [3.05, 3.63) is 89.7 Å². The molecule has 0 aromatic heterocycles. The SMILES string of the molecule is COc1ccc2c(c1)N(c1ccccc1F)C(=O)C2(C)NC(=O)OCc1ccccc1. The van der Waals surface area contributed by atoms with Gasteiger partial charge in [-0.05, 0) is 30.7 Å². The van der Waals surface area contributed by atoms with Gasteiger partial charge in [0.05, 0.1) is 18.5 Å². The molecule has 7 heteroatoms. The molecule has 0 saturated heterocycles. The van der Waals surface area contributed by atoms with E-state index in [1.165, 1.54) is 24.1 Å². The number of nitrogens with zero attached hydrogens (tertiary/aromatic N) is 1. The highest BCUT2D eigenvalue weighted by molar-refractivity contribution is 6.13. The third-order valence-corrected chi connectivity index (χ3v) is 5.27. The van der Waals surface area contributed by atoms with Crippen LogP contribution >= 0.6 is 0 Å². The van der Waals surface area contributed by atoms with E-state index in [0.29, 0.717) is 17.0 Å². The molecule has 1 aliphatic heterocycles. The van der Waals surface area contributed by atoms with E-state index in [0.717, 1.165) is 5.56 Å². The Hall–Kier alpha value is -3.87. The molecule has 0 aliphatic carbocycles. The van der Waals surface area contributed by atoms with Crippen LogP contribution in [0, 0.1) is 5.82 Å². The lowest BCUT2D eigenvalue weighted by Crippen LogP contribution is -2.50. The molecule has 6 nitrogen and oxygen atoms in total. The molecule has 1 heterocycles. The minimum Gasteiger partial charge on any atom is -0.497 e. The Morgan fingerprint density at radius 3 is 2.45 bits per heavy atom. The van der Waals surface area contributed by atoms with E-state index in [9.17, 15) is 14.0 Å². The number of carbonyl (C=O) groups is 2. The van der Waals surface area contributed by atoms with Crippen LogP contribution in [0.4, 0.5) is 20.6 Å². The third kappa shape index (κ3) is 3.70. The number of ether oxygens (including phenoxy) is 2. The Kier molecular flexibility index (Phi) is 5.33. The van der Waals surface area contributed by atoms with Crippen LogP contribution in [0.1, 0.15) is 18.1 Å². The van der Waals surface area contributed by atoms with Crippen LogP contribution in [-0.4, -0.2) is 19.1 Å². The van der Waals surface area contributed by atoms with Gasteiger partial charge in [-0.15, -0.1) is 0 Å². The standard InChI is InChI=1S/C24H21FN2O4/c1-24(26-23(29)31-15-16-8-4-3-5-9-16)18-13-12-17(30-2)14-21(18)27(22(24)28)20-11-7-6-10-19(20)25/h3-14H,15H2,1-2H3,(H,26,29). The van der Waals surface area contributed by atoms with Gasteiger partial charge in [0.25, 0.3) is 5.91 Å². The zero-order valence-corrected chi connectivity index (χ0v) is 17.1. The van der Waals surface area contributed by atoms with E-state index in [2.05, 4.69) is 5.32 Å². The summed E-state index contributed by atoms with van der Waals surface area (Å²) in [6, 6.07) is 20.2. The Morgan fingerprint density at radius 1 is 1.03 bits per heavy atom. The second-order valence-electron chi connectivity index (χ2n) is 7.29. The van der Waals surface area contributed by atoms with Crippen LogP contribution in [0.3, 0.4) is 0 Å². The molecule has 1 aliphatic rings. The summed E-state index contributed by atoms with van der Waals surface area (Å²) in [5, 5.41) is 2.67. The molecule has 1 unspecified atom stereocenters. The van der Waals surface area contributed by atoms with Gasteiger partial charge in [-0.25, -0.2) is 9.18 Å². The first-order valence-electron chi connectivity index (χ1n) is 9.70. The number of hydrogen-bond acceptors (Lipinski definition) is 4. The summed E-state index contributed by atoms with van der Waals surface area (Å²) in [5.74, 6) is -0.554. The molecule has 0 radical (unpaired) electrons. The molecule has 0 fully saturated rings. The van der Waals surface area contributed by atoms with E-state index in [-0.39, 0.29) is 12.3 Å². The number of carbonyl (C=O) groups excluding carboxylic acids is 2. The second-order valence-corrected chi connectivity index (χ2v) is 7.29. The molecule has 2 amide bonds. The normalized spacial score (nSPS) is 17.3. The molecule has 0 bridgehead atoms. The fourth-order valence-corrected chi connectivity index (χ4v) is 3.65. The lowest BCUT2D eigenvalue weighted by molar-refractivity contribution is -0.122. The van der Waals surface area contributed by atoms with Gasteiger partial charge in [0.2, 0.25) is 0 Å². The van der Waals surface area contributed by atoms with Gasteiger partial charge in [-0.1, -0.05) is 48.5 Å². The maximum atomic E-state index is 14.6. The van der Waals surface area contributed by atoms with Crippen LogP contribution in [0.25, 0.3) is 0 Å². The predicted molar refractivity (Wildman–Crippen MR) is 114 cm³/mol. The first kappa shape index (κ1) is 20.4. The van der Waals surface area contributed by atoms with Crippen molar-refractivity contribution in [1.82, 2.24) is 5.32 Å². The number of hydrogen-bond donors (Lipinski definition) is 1. The van der Waals surface area contributed by atoms with E-state index in [4.69, 9.17) is 9.47 Å². The van der Waals surface area contributed by atoms with Crippen LogP contribution in [-0.2, 0) is 21.7 Å². The van der Waals surface area contributed by atoms with E-state index in [1.54, 1.807) is 37.3 Å². The van der Waals surface area contributed by atoms with Crippen molar-refractivity contribution in [1.29, 1.82) is 0 Å². The first-order valence-corrected chi connectivity index (χ1v) is 9.70. The summed E-state index contributed by atoms with van der Waals surface area (Å²) in [6.07, 6.45) is -0.753. The van der Waals surface area contributed by atoms with Crippen LogP contribution in [0.15, 0.2) is 72.8 Å². The van der Waals surface area contributed by atoms with Crippen LogP contribution < -0.4 is 15.0 Å². The lowest BCUT2D eigenvalue weighted by atomic mass is 9.94. The molecule has 158 valence electrons. The highest BCUT2D eigenvalue weighted by Crippen LogP contribution is 2.46. The van der Waals surface area contributed by atoms with Crippen molar-refractivity contribution in [3.63, 3.8) is 0 Å². The number of benzene rings is 3. The summed E-state index contributed by atoms with van der Waals surface area (Å²) in [6.45, 7) is 1.63. The smallest absolute Gasteiger partial charge is 0.408 e. The lowest BCUT2D eigenvalue weighted by Gasteiger charge is -2.25. The third-order valence-electron chi connectivity index (χ3n) is 5.27. The molecule has 31 heavy (non-hydrogen) atoms. The first-order chi connectivity index (χ1) is 14.9. The molecule has 3 aromatic carbocycles. The highest BCUT2D eigenvalue weighted by Gasteiger charge is 2.50. The fourth-order valence-electron chi connectivity index (χ4n) is 3.65. The number of methoxy groups -OCH3 is 1. The minimum atomic E-state index is -1.45. The largest absolute Gasteiger partial charge is 0.497 e. The van der Waals surface area contributed by atoms with E-state index < -0.39 is 23.4 Å². The molecule has 1 N–H and O–H groups in total. The zero-order valence-electron chi connectivity index (χ0n) is 17.1. The molecular weight excluding hydrogens is 399 g/mol. The van der Waals surface area contributed by atoms with Gasteiger partial charge in [0.15, 0.2) is 0 Å². The Balaban J connectivity index is 1.67. The maximum Gasteiger partial charge on any atom is 0.408 e. The van der Waals surface area contributed by atoms with Crippen molar-refractivity contribution in [3.8, 4) is 5.75 Å². The average molecular weight is 420 g/mol. The van der Waals surface area contributed by atoms with Gasteiger partial charge in [0.1, 0.15) is 23.7 Å². The quantitative estimate of drug-likeness (QED) is 0.652. The van der Waals surface area contributed by atoms with Crippen molar-refractivity contribution in [2.45, 2.75) is 19.1 Å². The van der Waals surface area contributed by atoms with Gasteiger partial charge in [0, 0.05) is 11.6 Å². The number of halogens is 1. The Labute approximate surface area is 179 Å². The van der Waals surface area contributed by atoms with E-state index in [1.807, 2.05) is 30.3 Å². The number of rotatable bonds is 5. The average Bonchev–Trinajstić information content (AvgIpc) is 2.99. The zero-order chi connectivity index (χ0) is 22.0. The van der Waals surface area contributed by atoms with Crippen molar-refractivity contribution < 1.29 is 23.5 Å². The second kappa shape index (κ2) is 8.10. The predicted octanol–water partition coefficient (Wildman–Crippen LogP) is 4.65. The van der Waals surface area contributed by atoms with Crippen molar-refractivity contribution >= 4 is 23.4 Å². The molecule has 4 rings (SSSR count). The minimum absolute atomic E-state index is 0.0590. The van der Waals surface area contributed by atoms with Crippen LogP contribution in [0.5, 0.6) is 5.75 Å². The molecule has 0 spiro atoms. The van der Waals surface area contributed by atoms with Gasteiger partial charge < -0.3 is 14.8 Å². The van der Waals surface area contributed by atoms with E-state index >= 15 is 0 Å². The van der Waals surface area contributed by atoms with Gasteiger partial charge in [-0.2, -0.15) is 0 Å². The Bertz CT molecular complexity index is 1140. The highest BCUT2D eigenvalue weighted by atomic mass is 19.1. The summed E-state index contributed by atoms with van der Waals surface area (Å²) < 4.78 is 25.2. The summed E-state index contributed by atoms with van der Waals surface area (Å²) in [4.78, 5) is 27.3. The van der Waals surface area contributed by atoms with Gasteiger partial charge >= 0.3 is 6.09 Å². The summed E-state index contributed by atoms with van der Waals surface area (Å²) in [7, 11) is 1.50. The van der Waals surface area contributed by atoms with Gasteiger partial charge in [-0.3, -0.25) is 9.69 Å². The van der Waals surface area contributed by atoms with Crippen molar-refractivity contribution in [2.24, 2.45) is 0 Å². The summed E-state index contributed by atoms with van der Waals surface area (Å²) >= 11 is 0. The molecular formula is C24H21FN2O4. The Morgan fingerprint density at radius 2 is 1.74 bits per heavy atom. The fraction of sp³-hybridized carbons (Fsp3) is 0.167. The maximum absolute atomic E-state index is 14.6. The molecule has 1 atom stereocenters.